The molecule has 0 atom stereocenters. The Morgan fingerprint density at radius 2 is 1.14 bits per heavy atom. The SMILES string of the molecule is CCC(C)(C)CC.CCC(C)(C)CCOOC.CCl.CO. The average Bonchev–Trinajstić information content (AvgIpc) is 2.52. The molecule has 0 aromatic heterocycles. The number of hydrogen-bond acceptors (Lipinski definition) is 3. The van der Waals surface area contributed by atoms with Crippen LogP contribution in [-0.4, -0.2) is 32.3 Å². The second kappa shape index (κ2) is 20.2. The summed E-state index contributed by atoms with van der Waals surface area (Å²) in [7, 11) is 2.54. The third kappa shape index (κ3) is 28.9. The Kier molecular flexibility index (Phi) is 28.1. The molecule has 21 heavy (non-hydrogen) atoms. The quantitative estimate of drug-likeness (QED) is 0.282. The Morgan fingerprint density at radius 3 is 1.33 bits per heavy atom. The number of hydrogen-bond donors (Lipinski definition) is 1. The first-order chi connectivity index (χ1) is 9.74. The van der Waals surface area contributed by atoms with E-state index in [1.807, 2.05) is 0 Å². The molecule has 0 amide bonds. The van der Waals surface area contributed by atoms with Crippen LogP contribution in [0.4, 0.5) is 0 Å². The van der Waals surface area contributed by atoms with Gasteiger partial charge in [0, 0.05) is 13.5 Å². The third-order valence-corrected chi connectivity index (χ3v) is 3.85. The van der Waals surface area contributed by atoms with Gasteiger partial charge in [0.2, 0.25) is 0 Å². The van der Waals surface area contributed by atoms with Gasteiger partial charge in [-0.3, -0.25) is 0 Å². The summed E-state index contributed by atoms with van der Waals surface area (Å²) in [5.41, 5.74) is 0.971. The van der Waals surface area contributed by atoms with E-state index in [4.69, 9.17) is 9.99 Å². The minimum atomic E-state index is 0.387. The van der Waals surface area contributed by atoms with Gasteiger partial charge in [-0.15, -0.1) is 11.6 Å². The lowest BCUT2D eigenvalue weighted by Gasteiger charge is -2.21. The monoisotopic (exact) mass is 328 g/mol. The zero-order chi connectivity index (χ0) is 17.9. The number of halogens is 1. The number of aliphatic hydroxyl groups excluding tert-OH is 1. The Labute approximate surface area is 139 Å². The minimum Gasteiger partial charge on any atom is -0.400 e. The van der Waals surface area contributed by atoms with Crippen LogP contribution in [0.1, 0.15) is 74.1 Å². The van der Waals surface area contributed by atoms with E-state index in [0.717, 1.165) is 13.5 Å². The van der Waals surface area contributed by atoms with E-state index in [1.54, 1.807) is 7.11 Å². The Balaban J connectivity index is -0.000000115. The molecule has 0 radical (unpaired) electrons. The highest BCUT2D eigenvalue weighted by Gasteiger charge is 2.14. The largest absolute Gasteiger partial charge is 0.400 e. The summed E-state index contributed by atoms with van der Waals surface area (Å²) >= 11 is 4.64. The van der Waals surface area contributed by atoms with Gasteiger partial charge >= 0.3 is 0 Å². The molecular weight excluding hydrogens is 288 g/mol. The topological polar surface area (TPSA) is 38.7 Å². The van der Waals surface area contributed by atoms with Crippen LogP contribution in [0.3, 0.4) is 0 Å². The highest BCUT2D eigenvalue weighted by Crippen LogP contribution is 2.24. The molecule has 3 nitrogen and oxygen atoms in total. The van der Waals surface area contributed by atoms with E-state index in [1.165, 1.54) is 25.6 Å². The van der Waals surface area contributed by atoms with Crippen molar-refractivity contribution < 1.29 is 14.9 Å². The lowest BCUT2D eigenvalue weighted by atomic mass is 9.87. The fourth-order valence-electron chi connectivity index (χ4n) is 0.828. The van der Waals surface area contributed by atoms with E-state index >= 15 is 0 Å². The van der Waals surface area contributed by atoms with Crippen LogP contribution in [0.2, 0.25) is 0 Å². The van der Waals surface area contributed by atoms with Crippen LogP contribution in [-0.2, 0) is 9.78 Å². The maximum atomic E-state index is 7.00. The second-order valence-electron chi connectivity index (χ2n) is 6.13. The normalized spacial score (nSPS) is 10.3. The summed E-state index contributed by atoms with van der Waals surface area (Å²) in [6.07, 6.45) is 6.30. The van der Waals surface area contributed by atoms with Gasteiger partial charge in [-0.25, -0.2) is 9.78 Å². The molecule has 0 fully saturated rings. The molecule has 1 N–H and O–H groups in total. The summed E-state index contributed by atoms with van der Waals surface area (Å²) in [4.78, 5) is 9.25. The summed E-state index contributed by atoms with van der Waals surface area (Å²) in [5.74, 6) is 0. The van der Waals surface area contributed by atoms with Crippen LogP contribution in [0.15, 0.2) is 0 Å². The van der Waals surface area contributed by atoms with Gasteiger partial charge in [0.15, 0.2) is 0 Å². The number of rotatable bonds is 7. The van der Waals surface area contributed by atoms with Crippen molar-refractivity contribution in [3.8, 4) is 0 Å². The Morgan fingerprint density at radius 1 is 0.810 bits per heavy atom. The summed E-state index contributed by atoms with van der Waals surface area (Å²) in [6, 6.07) is 0. The summed E-state index contributed by atoms with van der Waals surface area (Å²) in [5, 5.41) is 7.00. The fraction of sp³-hybridized carbons (Fsp3) is 1.00. The molecule has 134 valence electrons. The summed E-state index contributed by atoms with van der Waals surface area (Å²) in [6.45, 7) is 16.4. The lowest BCUT2D eigenvalue weighted by molar-refractivity contribution is -0.275. The molecule has 0 aromatic rings. The molecule has 0 unspecified atom stereocenters. The maximum Gasteiger partial charge on any atom is 0.0827 e. The second-order valence-corrected chi connectivity index (χ2v) is 6.13. The van der Waals surface area contributed by atoms with Crippen molar-refractivity contribution in [1.82, 2.24) is 0 Å². The maximum absolute atomic E-state index is 7.00. The van der Waals surface area contributed by atoms with Crippen molar-refractivity contribution in [2.75, 3.05) is 27.2 Å². The van der Waals surface area contributed by atoms with Crippen LogP contribution in [0.25, 0.3) is 0 Å². The smallest absolute Gasteiger partial charge is 0.0827 e. The number of alkyl halides is 1. The highest BCUT2D eigenvalue weighted by molar-refractivity contribution is 6.15. The van der Waals surface area contributed by atoms with Gasteiger partial charge in [-0.1, -0.05) is 67.7 Å². The zero-order valence-corrected chi connectivity index (χ0v) is 16.9. The van der Waals surface area contributed by atoms with Crippen LogP contribution in [0, 0.1) is 10.8 Å². The molecular formula is C17H41ClO3. The predicted octanol–water partition coefficient (Wildman–Crippen LogP) is 5.69. The van der Waals surface area contributed by atoms with E-state index in [2.05, 4.69) is 65.0 Å². The van der Waals surface area contributed by atoms with Crippen molar-refractivity contribution in [1.29, 1.82) is 0 Å². The van der Waals surface area contributed by atoms with Gasteiger partial charge < -0.3 is 5.11 Å². The van der Waals surface area contributed by atoms with Gasteiger partial charge in [-0.2, -0.15) is 0 Å². The molecule has 0 aliphatic carbocycles. The molecule has 0 aliphatic heterocycles. The van der Waals surface area contributed by atoms with Gasteiger partial charge in [0.05, 0.1) is 13.7 Å². The molecule has 0 rings (SSSR count). The molecule has 0 aliphatic rings. The third-order valence-electron chi connectivity index (χ3n) is 3.85. The average molecular weight is 329 g/mol. The Bertz CT molecular complexity index is 165. The molecule has 0 bridgehead atoms. The predicted molar refractivity (Wildman–Crippen MR) is 95.9 cm³/mol. The summed E-state index contributed by atoms with van der Waals surface area (Å²) < 4.78 is 0. The molecule has 0 heterocycles. The molecule has 4 heteroatoms. The molecule has 0 spiro atoms. The van der Waals surface area contributed by atoms with Gasteiger partial charge in [0.25, 0.3) is 0 Å². The van der Waals surface area contributed by atoms with Crippen LogP contribution in [0.5, 0.6) is 0 Å². The van der Waals surface area contributed by atoms with E-state index in [0.29, 0.717) is 17.4 Å². The fourth-order valence-corrected chi connectivity index (χ4v) is 0.828. The van der Waals surface area contributed by atoms with Crippen LogP contribution < -0.4 is 0 Å². The highest BCUT2D eigenvalue weighted by atomic mass is 35.5. The van der Waals surface area contributed by atoms with E-state index in [-0.39, 0.29) is 0 Å². The van der Waals surface area contributed by atoms with Crippen molar-refractivity contribution in [2.24, 2.45) is 10.8 Å². The first-order valence-electron chi connectivity index (χ1n) is 7.72. The molecule has 0 aromatic carbocycles. The van der Waals surface area contributed by atoms with Gasteiger partial charge in [0.1, 0.15) is 0 Å². The van der Waals surface area contributed by atoms with Crippen molar-refractivity contribution in [3.05, 3.63) is 0 Å². The molecule has 0 saturated carbocycles. The zero-order valence-electron chi connectivity index (χ0n) is 16.2. The minimum absolute atomic E-state index is 0.387. The number of aliphatic hydroxyl groups is 1. The van der Waals surface area contributed by atoms with Crippen LogP contribution >= 0.6 is 11.6 Å². The Hall–Kier alpha value is 0.170. The van der Waals surface area contributed by atoms with Crippen molar-refractivity contribution in [3.63, 3.8) is 0 Å². The molecule has 0 saturated heterocycles. The first-order valence-corrected chi connectivity index (χ1v) is 8.48. The lowest BCUT2D eigenvalue weighted by Crippen LogP contribution is -2.12. The first kappa shape index (κ1) is 29.2. The van der Waals surface area contributed by atoms with Crippen molar-refractivity contribution in [2.45, 2.75) is 74.1 Å². The van der Waals surface area contributed by atoms with Crippen molar-refractivity contribution >= 4 is 11.6 Å². The van der Waals surface area contributed by atoms with E-state index in [9.17, 15) is 0 Å². The van der Waals surface area contributed by atoms with Gasteiger partial charge in [-0.05, 0) is 17.3 Å². The standard InChI is InChI=1S/C8H18O2.C7H16.CH3Cl.CH4O/c1-5-8(2,3)6-7-10-9-4;1-5-7(3,4)6-2;2*1-2/h5-7H2,1-4H3;5-6H2,1-4H3;1H3;2H,1H3. The van der Waals surface area contributed by atoms with E-state index < -0.39 is 0 Å².